The normalized spacial score (nSPS) is 11.8. The SMILES string of the molecule is CSCCC(CO)(CO)c1cccc(C)c1. The molecule has 2 N–H and O–H groups in total. The van der Waals surface area contributed by atoms with Gasteiger partial charge in [-0.25, -0.2) is 0 Å². The average molecular weight is 240 g/mol. The molecule has 0 amide bonds. The highest BCUT2D eigenvalue weighted by atomic mass is 32.2. The Hall–Kier alpha value is -0.510. The Morgan fingerprint density at radius 3 is 2.44 bits per heavy atom. The van der Waals surface area contributed by atoms with Crippen LogP contribution in [0.1, 0.15) is 17.5 Å². The molecule has 0 saturated carbocycles. The largest absolute Gasteiger partial charge is 0.395 e. The number of aliphatic hydroxyl groups is 2. The molecule has 0 aliphatic carbocycles. The Bertz CT molecular complexity index is 321. The molecule has 0 heterocycles. The minimum atomic E-state index is -0.491. The highest BCUT2D eigenvalue weighted by Crippen LogP contribution is 2.29. The van der Waals surface area contributed by atoms with Gasteiger partial charge in [0.2, 0.25) is 0 Å². The maximum absolute atomic E-state index is 9.58. The van der Waals surface area contributed by atoms with Gasteiger partial charge in [-0.1, -0.05) is 29.8 Å². The molecule has 90 valence electrons. The lowest BCUT2D eigenvalue weighted by atomic mass is 9.79. The number of benzene rings is 1. The van der Waals surface area contributed by atoms with Gasteiger partial charge in [-0.05, 0) is 30.9 Å². The third-order valence-electron chi connectivity index (χ3n) is 3.02. The van der Waals surface area contributed by atoms with Crippen LogP contribution in [0, 0.1) is 6.92 Å². The summed E-state index contributed by atoms with van der Waals surface area (Å²) >= 11 is 1.74. The number of thioether (sulfide) groups is 1. The van der Waals surface area contributed by atoms with E-state index in [4.69, 9.17) is 0 Å². The Labute approximate surface area is 102 Å². The van der Waals surface area contributed by atoms with Crippen LogP contribution >= 0.6 is 11.8 Å². The number of aliphatic hydroxyl groups excluding tert-OH is 2. The Kier molecular flexibility index (Phi) is 5.32. The van der Waals surface area contributed by atoms with Crippen LogP contribution in [0.2, 0.25) is 0 Å². The summed E-state index contributed by atoms with van der Waals surface area (Å²) in [6.45, 7) is 2.01. The molecule has 0 atom stereocenters. The van der Waals surface area contributed by atoms with E-state index in [2.05, 4.69) is 0 Å². The van der Waals surface area contributed by atoms with Gasteiger partial charge in [0.15, 0.2) is 0 Å². The summed E-state index contributed by atoms with van der Waals surface area (Å²) in [5, 5.41) is 19.2. The smallest absolute Gasteiger partial charge is 0.0550 e. The van der Waals surface area contributed by atoms with Crippen molar-refractivity contribution < 1.29 is 10.2 Å². The molecule has 0 radical (unpaired) electrons. The fourth-order valence-corrected chi connectivity index (χ4v) is 2.40. The van der Waals surface area contributed by atoms with E-state index in [1.807, 2.05) is 37.4 Å². The van der Waals surface area contributed by atoms with E-state index in [1.165, 1.54) is 0 Å². The number of hydrogen-bond acceptors (Lipinski definition) is 3. The van der Waals surface area contributed by atoms with E-state index in [9.17, 15) is 10.2 Å². The first-order chi connectivity index (χ1) is 7.68. The molecular formula is C13H20O2S. The molecule has 2 nitrogen and oxygen atoms in total. The van der Waals surface area contributed by atoms with Crippen molar-refractivity contribution in [1.29, 1.82) is 0 Å². The van der Waals surface area contributed by atoms with E-state index < -0.39 is 5.41 Å². The van der Waals surface area contributed by atoms with Gasteiger partial charge in [-0.2, -0.15) is 11.8 Å². The lowest BCUT2D eigenvalue weighted by Gasteiger charge is -2.30. The van der Waals surface area contributed by atoms with Crippen LogP contribution in [-0.4, -0.2) is 35.4 Å². The molecule has 0 aromatic heterocycles. The molecule has 0 aliphatic rings. The molecule has 3 heteroatoms. The van der Waals surface area contributed by atoms with E-state index in [-0.39, 0.29) is 13.2 Å². The van der Waals surface area contributed by atoms with Crippen LogP contribution in [0.3, 0.4) is 0 Å². The molecule has 1 aromatic rings. The molecule has 1 aromatic carbocycles. The molecule has 1 rings (SSSR count). The van der Waals surface area contributed by atoms with Gasteiger partial charge in [0.05, 0.1) is 13.2 Å². The van der Waals surface area contributed by atoms with Crippen LogP contribution in [0.4, 0.5) is 0 Å². The van der Waals surface area contributed by atoms with Crippen molar-refractivity contribution in [3.05, 3.63) is 35.4 Å². The predicted molar refractivity (Wildman–Crippen MR) is 70.0 cm³/mol. The molecule has 0 bridgehead atoms. The Morgan fingerprint density at radius 2 is 1.94 bits per heavy atom. The summed E-state index contributed by atoms with van der Waals surface area (Å²) < 4.78 is 0. The molecule has 16 heavy (non-hydrogen) atoms. The van der Waals surface area contributed by atoms with Crippen molar-refractivity contribution in [2.75, 3.05) is 25.2 Å². The van der Waals surface area contributed by atoms with E-state index in [0.717, 1.165) is 23.3 Å². The Morgan fingerprint density at radius 1 is 1.25 bits per heavy atom. The standard InChI is InChI=1S/C13H20O2S/c1-11-4-3-5-12(8-11)13(9-14,10-15)6-7-16-2/h3-5,8,14-15H,6-7,9-10H2,1-2H3. The Balaban J connectivity index is 2.99. The zero-order valence-electron chi connectivity index (χ0n) is 9.94. The van der Waals surface area contributed by atoms with Crippen molar-refractivity contribution >= 4 is 11.8 Å². The topological polar surface area (TPSA) is 40.5 Å². The lowest BCUT2D eigenvalue weighted by molar-refractivity contribution is 0.114. The zero-order valence-corrected chi connectivity index (χ0v) is 10.8. The summed E-state index contributed by atoms with van der Waals surface area (Å²) in [5.74, 6) is 0.940. The molecule has 0 fully saturated rings. The molecule has 0 unspecified atom stereocenters. The van der Waals surface area contributed by atoms with Crippen molar-refractivity contribution in [3.63, 3.8) is 0 Å². The zero-order chi connectivity index (χ0) is 12.0. The summed E-state index contributed by atoms with van der Waals surface area (Å²) in [4.78, 5) is 0. The van der Waals surface area contributed by atoms with Crippen molar-refractivity contribution in [1.82, 2.24) is 0 Å². The first-order valence-corrected chi connectivity index (χ1v) is 6.86. The van der Waals surface area contributed by atoms with Crippen molar-refractivity contribution in [3.8, 4) is 0 Å². The molecular weight excluding hydrogens is 220 g/mol. The van der Waals surface area contributed by atoms with Gasteiger partial charge in [-0.3, -0.25) is 0 Å². The second kappa shape index (κ2) is 6.28. The van der Waals surface area contributed by atoms with E-state index in [0.29, 0.717) is 0 Å². The second-order valence-corrected chi connectivity index (χ2v) is 5.19. The summed E-state index contributed by atoms with van der Waals surface area (Å²) in [6.07, 6.45) is 2.83. The van der Waals surface area contributed by atoms with Gasteiger partial charge in [0, 0.05) is 5.41 Å². The fourth-order valence-electron chi connectivity index (χ4n) is 1.81. The van der Waals surface area contributed by atoms with Crippen LogP contribution in [0.25, 0.3) is 0 Å². The summed E-state index contributed by atoms with van der Waals surface area (Å²) in [5.41, 5.74) is 1.70. The lowest BCUT2D eigenvalue weighted by Crippen LogP contribution is -2.35. The minimum Gasteiger partial charge on any atom is -0.395 e. The van der Waals surface area contributed by atoms with Gasteiger partial charge >= 0.3 is 0 Å². The first-order valence-electron chi connectivity index (χ1n) is 5.46. The highest BCUT2D eigenvalue weighted by molar-refractivity contribution is 7.98. The quantitative estimate of drug-likeness (QED) is 0.798. The van der Waals surface area contributed by atoms with E-state index in [1.54, 1.807) is 11.8 Å². The highest BCUT2D eigenvalue weighted by Gasteiger charge is 2.30. The minimum absolute atomic E-state index is 0.00644. The van der Waals surface area contributed by atoms with E-state index >= 15 is 0 Å². The second-order valence-electron chi connectivity index (χ2n) is 4.21. The van der Waals surface area contributed by atoms with Crippen LogP contribution in [0.5, 0.6) is 0 Å². The molecule has 0 spiro atoms. The van der Waals surface area contributed by atoms with Gasteiger partial charge in [-0.15, -0.1) is 0 Å². The monoisotopic (exact) mass is 240 g/mol. The molecule has 0 aliphatic heterocycles. The number of aryl methyl sites for hydroxylation is 1. The van der Waals surface area contributed by atoms with Gasteiger partial charge in [0.1, 0.15) is 0 Å². The summed E-state index contributed by atoms with van der Waals surface area (Å²) in [7, 11) is 0. The first kappa shape index (κ1) is 13.6. The fraction of sp³-hybridized carbons (Fsp3) is 0.538. The third-order valence-corrected chi connectivity index (χ3v) is 3.63. The van der Waals surface area contributed by atoms with Crippen molar-refractivity contribution in [2.45, 2.75) is 18.8 Å². The van der Waals surface area contributed by atoms with Gasteiger partial charge in [0.25, 0.3) is 0 Å². The summed E-state index contributed by atoms with van der Waals surface area (Å²) in [6, 6.07) is 8.04. The number of hydrogen-bond donors (Lipinski definition) is 2. The van der Waals surface area contributed by atoms with Crippen LogP contribution in [-0.2, 0) is 5.41 Å². The predicted octanol–water partition coefficient (Wildman–Crippen LogP) is 1.97. The third kappa shape index (κ3) is 3.00. The maximum Gasteiger partial charge on any atom is 0.0550 e. The van der Waals surface area contributed by atoms with Crippen molar-refractivity contribution in [2.24, 2.45) is 0 Å². The van der Waals surface area contributed by atoms with Crippen LogP contribution < -0.4 is 0 Å². The maximum atomic E-state index is 9.58. The van der Waals surface area contributed by atoms with Crippen LogP contribution in [0.15, 0.2) is 24.3 Å². The molecule has 0 saturated heterocycles. The van der Waals surface area contributed by atoms with Gasteiger partial charge < -0.3 is 10.2 Å². The number of rotatable bonds is 6. The average Bonchev–Trinajstić information content (AvgIpc) is 2.31.